The fourth-order valence-electron chi connectivity index (χ4n) is 10.5. The van der Waals surface area contributed by atoms with Crippen LogP contribution in [0, 0.1) is 5.92 Å². The maximum absolute atomic E-state index is 10.5. The Hall–Kier alpha value is -5.65. The number of hydrogen-bond donors (Lipinski definition) is 0. The summed E-state index contributed by atoms with van der Waals surface area (Å²) in [7, 11) is 0. The SMILES string of the molecule is CCCCCCCCCCCCCC[C@@H](OCc1ccccc1)[C@@H](OCc1ccccc1)[C@H](CO[C@H]1C(C)C(OCc2ccccc2)[C@H](OCc2ccccc2)[C@@H](OCc2ccccc2)C1OCc1ccccc1)N=[N+]=[N-]. The summed E-state index contributed by atoms with van der Waals surface area (Å²) < 4.78 is 49.6. The molecule has 0 saturated heterocycles. The number of rotatable bonds is 37. The molecule has 0 N–H and O–H groups in total. The van der Waals surface area contributed by atoms with Gasteiger partial charge < -0.3 is 33.2 Å². The Balaban J connectivity index is 1.19. The number of ether oxygens (including phenoxy) is 7. The number of benzene rings is 6. The van der Waals surface area contributed by atoms with Crippen LogP contribution in [-0.2, 0) is 72.8 Å². The van der Waals surface area contributed by atoms with Crippen LogP contribution in [0.2, 0.25) is 0 Å². The van der Waals surface area contributed by atoms with Gasteiger partial charge in [-0.05, 0) is 45.3 Å². The van der Waals surface area contributed by atoms with E-state index >= 15 is 0 Å². The van der Waals surface area contributed by atoms with Gasteiger partial charge in [0.15, 0.2) is 0 Å². The van der Waals surface area contributed by atoms with E-state index in [0.717, 1.165) is 52.6 Å². The van der Waals surface area contributed by atoms with Crippen LogP contribution in [0.15, 0.2) is 187 Å². The average molecular weight is 1040 g/mol. The maximum atomic E-state index is 10.5. The zero-order valence-corrected chi connectivity index (χ0v) is 45.9. The van der Waals surface area contributed by atoms with Gasteiger partial charge in [-0.25, -0.2) is 0 Å². The lowest BCUT2D eigenvalue weighted by Crippen LogP contribution is -2.64. The van der Waals surface area contributed by atoms with E-state index < -0.39 is 48.8 Å². The van der Waals surface area contributed by atoms with Crippen LogP contribution < -0.4 is 0 Å². The molecule has 0 amide bonds. The van der Waals surface area contributed by atoms with Crippen LogP contribution in [0.1, 0.15) is 131 Å². The fourth-order valence-corrected chi connectivity index (χ4v) is 10.5. The molecule has 77 heavy (non-hydrogen) atoms. The molecule has 10 nitrogen and oxygen atoms in total. The first kappa shape index (κ1) is 59.0. The first-order valence-corrected chi connectivity index (χ1v) is 28.7. The van der Waals surface area contributed by atoms with Crippen molar-refractivity contribution < 1.29 is 33.2 Å². The molecule has 0 spiro atoms. The maximum Gasteiger partial charge on any atom is 0.115 e. The second-order valence-corrected chi connectivity index (χ2v) is 20.7. The van der Waals surface area contributed by atoms with Crippen molar-refractivity contribution in [2.24, 2.45) is 11.0 Å². The highest BCUT2D eigenvalue weighted by atomic mass is 16.6. The van der Waals surface area contributed by atoms with Crippen molar-refractivity contribution in [3.8, 4) is 0 Å². The monoisotopic (exact) mass is 1040 g/mol. The number of nitrogens with zero attached hydrogens (tertiary/aromatic N) is 3. The normalized spacial score (nSPS) is 19.5. The lowest BCUT2D eigenvalue weighted by Gasteiger charge is -2.49. The molecule has 10 heteroatoms. The van der Waals surface area contributed by atoms with Gasteiger partial charge in [0.05, 0.1) is 76.7 Å². The fraction of sp³-hybridized carbons (Fsp3) is 0.463. The van der Waals surface area contributed by atoms with Crippen LogP contribution in [-0.4, -0.2) is 55.4 Å². The Morgan fingerprint density at radius 1 is 0.390 bits per heavy atom. The van der Waals surface area contributed by atoms with Gasteiger partial charge in [0, 0.05) is 10.8 Å². The predicted molar refractivity (Wildman–Crippen MR) is 308 cm³/mol. The number of azide groups is 1. The van der Waals surface area contributed by atoms with Crippen molar-refractivity contribution in [3.05, 3.63) is 226 Å². The lowest BCUT2D eigenvalue weighted by molar-refractivity contribution is -0.268. The summed E-state index contributed by atoms with van der Waals surface area (Å²) >= 11 is 0. The van der Waals surface area contributed by atoms with Gasteiger partial charge in [0.2, 0.25) is 0 Å². The van der Waals surface area contributed by atoms with Crippen molar-refractivity contribution >= 4 is 0 Å². The standard InChI is InChI=1S/C67H85N3O7/c1-3-4-5-6-7-8-9-10-11-12-13-32-45-61(71-46-54-33-20-14-21-34-54)64(73-48-56-37-24-16-25-38-56)60(69-70-68)52-77-63-53(2)62(72-47-55-35-22-15-23-36-55)65(74-49-57-39-26-17-27-40-57)67(76-51-59-43-30-19-31-44-59)66(63)75-50-58-41-28-18-29-42-58/h14-31,33-44,53,60-67H,3-13,32,45-52H2,1-2H3/t53?,60-,61+,62?,63-,64-,65-,66?,67+/m0/s1. The van der Waals surface area contributed by atoms with Crippen LogP contribution in [0.5, 0.6) is 0 Å². The van der Waals surface area contributed by atoms with Crippen LogP contribution in [0.25, 0.3) is 10.4 Å². The third kappa shape index (κ3) is 20.6. The molecular formula is C67H85N3O7. The van der Waals surface area contributed by atoms with Gasteiger partial charge in [0.25, 0.3) is 0 Å². The van der Waals surface area contributed by atoms with Crippen molar-refractivity contribution in [2.45, 2.75) is 186 Å². The van der Waals surface area contributed by atoms with Crippen molar-refractivity contribution in [1.29, 1.82) is 0 Å². The molecule has 0 aliphatic heterocycles. The Kier molecular flexibility index (Phi) is 26.8. The molecule has 6 aromatic carbocycles. The van der Waals surface area contributed by atoms with Gasteiger partial charge in [-0.1, -0.05) is 278 Å². The van der Waals surface area contributed by atoms with Gasteiger partial charge in [0.1, 0.15) is 18.3 Å². The molecule has 6 aromatic rings. The molecule has 0 radical (unpaired) electrons. The summed E-state index contributed by atoms with van der Waals surface area (Å²) in [6.45, 7) is 6.46. The predicted octanol–water partition coefficient (Wildman–Crippen LogP) is 16.3. The summed E-state index contributed by atoms with van der Waals surface area (Å²) in [4.78, 5) is 3.49. The molecule has 1 aliphatic rings. The highest BCUT2D eigenvalue weighted by Crippen LogP contribution is 2.38. The highest BCUT2D eigenvalue weighted by molar-refractivity contribution is 5.19. The van der Waals surface area contributed by atoms with Crippen LogP contribution in [0.4, 0.5) is 0 Å². The van der Waals surface area contributed by atoms with Gasteiger partial charge in [-0.15, -0.1) is 0 Å². The molecule has 3 unspecified atom stereocenters. The smallest absolute Gasteiger partial charge is 0.115 e. The van der Waals surface area contributed by atoms with Crippen LogP contribution >= 0.6 is 0 Å². The van der Waals surface area contributed by atoms with E-state index in [1.54, 1.807) is 0 Å². The molecule has 9 atom stereocenters. The third-order valence-electron chi connectivity index (χ3n) is 14.8. The zero-order valence-electron chi connectivity index (χ0n) is 45.9. The Bertz CT molecular complexity index is 2470. The average Bonchev–Trinajstić information content (AvgIpc) is 3.51. The number of unbranched alkanes of at least 4 members (excludes halogenated alkanes) is 11. The van der Waals surface area contributed by atoms with Crippen LogP contribution in [0.3, 0.4) is 0 Å². The largest absolute Gasteiger partial charge is 0.374 e. The molecule has 410 valence electrons. The molecule has 7 rings (SSSR count). The summed E-state index contributed by atoms with van der Waals surface area (Å²) in [5, 5.41) is 4.54. The highest BCUT2D eigenvalue weighted by Gasteiger charge is 2.53. The van der Waals surface area contributed by atoms with E-state index in [4.69, 9.17) is 33.2 Å². The topological polar surface area (TPSA) is 113 Å². The molecule has 0 bridgehead atoms. The molecule has 1 saturated carbocycles. The third-order valence-corrected chi connectivity index (χ3v) is 14.8. The molecule has 0 aromatic heterocycles. The first-order chi connectivity index (χ1) is 38.1. The Morgan fingerprint density at radius 3 is 1.08 bits per heavy atom. The van der Waals surface area contributed by atoms with E-state index in [2.05, 4.69) is 96.7 Å². The van der Waals surface area contributed by atoms with E-state index in [1.807, 2.05) is 109 Å². The number of hydrogen-bond acceptors (Lipinski definition) is 8. The molecule has 0 heterocycles. The lowest BCUT2D eigenvalue weighted by atomic mass is 9.78. The van der Waals surface area contributed by atoms with Gasteiger partial charge >= 0.3 is 0 Å². The van der Waals surface area contributed by atoms with Gasteiger partial charge in [-0.3, -0.25) is 0 Å². The summed E-state index contributed by atoms with van der Waals surface area (Å²) in [5.41, 5.74) is 16.6. The molecule has 1 fully saturated rings. The van der Waals surface area contributed by atoms with E-state index in [-0.39, 0.29) is 12.5 Å². The quantitative estimate of drug-likeness (QED) is 0.0165. The minimum Gasteiger partial charge on any atom is -0.374 e. The minimum absolute atomic E-state index is 0.0275. The van der Waals surface area contributed by atoms with Gasteiger partial charge in [-0.2, -0.15) is 0 Å². The van der Waals surface area contributed by atoms with E-state index in [9.17, 15) is 5.53 Å². The zero-order chi connectivity index (χ0) is 53.4. The van der Waals surface area contributed by atoms with E-state index in [0.29, 0.717) is 39.6 Å². The van der Waals surface area contributed by atoms with Crippen molar-refractivity contribution in [3.63, 3.8) is 0 Å². The van der Waals surface area contributed by atoms with Crippen molar-refractivity contribution in [1.82, 2.24) is 0 Å². The second-order valence-electron chi connectivity index (χ2n) is 20.7. The van der Waals surface area contributed by atoms with E-state index in [1.165, 1.54) is 64.2 Å². The second kappa shape index (κ2) is 35.0. The summed E-state index contributed by atoms with van der Waals surface area (Å²) in [6, 6.07) is 60.4. The first-order valence-electron chi connectivity index (χ1n) is 28.7. The summed E-state index contributed by atoms with van der Waals surface area (Å²) in [6.07, 6.45) is 11.7. The summed E-state index contributed by atoms with van der Waals surface area (Å²) in [5.74, 6) is -0.293. The molecular weight excluding hydrogens is 959 g/mol. The Labute approximate surface area is 460 Å². The Morgan fingerprint density at radius 2 is 0.701 bits per heavy atom. The molecule has 1 aliphatic carbocycles. The minimum atomic E-state index is -0.775. The van der Waals surface area contributed by atoms with Crippen molar-refractivity contribution in [2.75, 3.05) is 6.61 Å².